The van der Waals surface area contributed by atoms with E-state index in [-0.39, 0.29) is 17.6 Å². The highest BCUT2D eigenvalue weighted by Gasteiger charge is 2.22. The van der Waals surface area contributed by atoms with Crippen molar-refractivity contribution in [2.45, 2.75) is 44.6 Å². The number of carbonyl (C=O) groups excluding carboxylic acids is 1. The lowest BCUT2D eigenvalue weighted by molar-refractivity contribution is 0.0957. The maximum Gasteiger partial charge on any atom is 0.277 e. The molecule has 0 radical (unpaired) electrons. The Balaban J connectivity index is 1.21. The highest BCUT2D eigenvalue weighted by Crippen LogP contribution is 2.34. The monoisotopic (exact) mass is 530 g/mol. The van der Waals surface area contributed by atoms with Crippen LogP contribution in [0.2, 0.25) is 0 Å². The number of rotatable bonds is 8. The van der Waals surface area contributed by atoms with Crippen molar-refractivity contribution in [1.29, 1.82) is 0 Å². The third kappa shape index (κ3) is 4.86. The molecule has 0 spiro atoms. The van der Waals surface area contributed by atoms with Crippen molar-refractivity contribution in [2.24, 2.45) is 0 Å². The van der Waals surface area contributed by atoms with E-state index in [1.165, 1.54) is 11.8 Å². The second-order valence-electron chi connectivity index (χ2n) is 9.16. The molecule has 1 fully saturated rings. The molecule has 0 saturated carbocycles. The first-order chi connectivity index (χ1) is 18.1. The number of fused-ring (bicyclic) bond motifs is 1. The first-order valence-corrected chi connectivity index (χ1v) is 14.1. The topological polar surface area (TPSA) is 83.0 Å². The number of nitrogens with zero attached hydrogens (tertiary/aromatic N) is 4. The quantitative estimate of drug-likeness (QED) is 0.165. The minimum Gasteiger partial charge on any atom is -0.411 e. The minimum absolute atomic E-state index is 0.0470. The molecule has 1 aromatic carbocycles. The van der Waals surface area contributed by atoms with Crippen LogP contribution in [-0.4, -0.2) is 44.0 Å². The zero-order valence-electron chi connectivity index (χ0n) is 20.6. The summed E-state index contributed by atoms with van der Waals surface area (Å²) >= 11 is 2.90. The van der Waals surface area contributed by atoms with Gasteiger partial charge in [0.15, 0.2) is 5.78 Å². The minimum atomic E-state index is 0.0470. The standard InChI is InChI=1S/C28H26N4O3S2/c1-17-13-21(18(2)32(17)15-19-7-5-11-34-19)25(33)16-37-28-31-30-27(35-28)22-14-24(26-10-6-12-36-26)29-23-9-4-3-8-20(22)23/h3-4,6,8-10,12-14,19H,5,7,11,15-16H2,1-2H3. The smallest absolute Gasteiger partial charge is 0.277 e. The fourth-order valence-electron chi connectivity index (χ4n) is 4.84. The van der Waals surface area contributed by atoms with E-state index in [0.717, 1.165) is 70.0 Å². The number of ketones is 1. The number of ether oxygens (including phenoxy) is 1. The molecule has 4 aromatic heterocycles. The molecule has 9 heteroatoms. The van der Waals surface area contributed by atoms with Gasteiger partial charge in [0.05, 0.1) is 33.5 Å². The number of para-hydroxylation sites is 1. The summed E-state index contributed by atoms with van der Waals surface area (Å²) in [6, 6.07) is 15.9. The molecule has 7 nitrogen and oxygen atoms in total. The van der Waals surface area contributed by atoms with Gasteiger partial charge < -0.3 is 13.7 Å². The van der Waals surface area contributed by atoms with Crippen LogP contribution in [0.4, 0.5) is 0 Å². The molecular formula is C28H26N4O3S2. The Labute approximate surface area is 222 Å². The summed E-state index contributed by atoms with van der Waals surface area (Å²) in [5, 5.41) is 11.9. The van der Waals surface area contributed by atoms with E-state index in [2.05, 4.69) is 14.8 Å². The van der Waals surface area contributed by atoms with E-state index in [9.17, 15) is 4.79 Å². The van der Waals surface area contributed by atoms with E-state index in [4.69, 9.17) is 14.1 Å². The zero-order valence-corrected chi connectivity index (χ0v) is 22.3. The number of Topliss-reactive ketones (excluding diaryl/α,β-unsaturated/α-hetero) is 1. The first kappa shape index (κ1) is 24.1. The molecule has 0 N–H and O–H groups in total. The first-order valence-electron chi connectivity index (χ1n) is 12.3. The number of pyridine rings is 1. The summed E-state index contributed by atoms with van der Waals surface area (Å²) in [4.78, 5) is 19.0. The number of carbonyl (C=O) groups is 1. The fraction of sp³-hybridized carbons (Fsp3) is 0.286. The highest BCUT2D eigenvalue weighted by atomic mass is 32.2. The molecule has 5 aromatic rings. The van der Waals surface area contributed by atoms with Crippen LogP contribution in [0.5, 0.6) is 0 Å². The number of aromatic nitrogens is 4. The van der Waals surface area contributed by atoms with Crippen LogP contribution < -0.4 is 0 Å². The maximum atomic E-state index is 13.1. The summed E-state index contributed by atoms with van der Waals surface area (Å²) in [5.74, 6) is 0.690. The molecule has 37 heavy (non-hydrogen) atoms. The molecule has 0 amide bonds. The van der Waals surface area contributed by atoms with E-state index in [0.29, 0.717) is 11.1 Å². The highest BCUT2D eigenvalue weighted by molar-refractivity contribution is 7.99. The third-order valence-electron chi connectivity index (χ3n) is 6.74. The lowest BCUT2D eigenvalue weighted by atomic mass is 10.1. The normalized spacial score (nSPS) is 15.6. The Kier molecular flexibility index (Phi) is 6.67. The van der Waals surface area contributed by atoms with Crippen molar-refractivity contribution in [3.05, 3.63) is 70.9 Å². The predicted molar refractivity (Wildman–Crippen MR) is 146 cm³/mol. The van der Waals surface area contributed by atoms with Crippen LogP contribution in [0.15, 0.2) is 63.6 Å². The second kappa shape index (κ2) is 10.2. The van der Waals surface area contributed by atoms with Crippen LogP contribution in [0, 0.1) is 13.8 Å². The molecule has 0 aliphatic carbocycles. The maximum absolute atomic E-state index is 13.1. The van der Waals surface area contributed by atoms with Gasteiger partial charge in [-0.15, -0.1) is 21.5 Å². The van der Waals surface area contributed by atoms with Crippen molar-refractivity contribution < 1.29 is 13.9 Å². The molecule has 0 bridgehead atoms. The van der Waals surface area contributed by atoms with E-state index in [1.54, 1.807) is 11.3 Å². The molecule has 1 saturated heterocycles. The van der Waals surface area contributed by atoms with Gasteiger partial charge in [0.2, 0.25) is 5.89 Å². The number of thioether (sulfide) groups is 1. The third-order valence-corrected chi connectivity index (χ3v) is 8.45. The van der Waals surface area contributed by atoms with E-state index >= 15 is 0 Å². The van der Waals surface area contributed by atoms with E-state index < -0.39 is 0 Å². The molecule has 188 valence electrons. The molecule has 1 atom stereocenters. The summed E-state index contributed by atoms with van der Waals surface area (Å²) in [5.41, 5.74) is 5.36. The van der Waals surface area contributed by atoms with Gasteiger partial charge in [-0.3, -0.25) is 4.79 Å². The van der Waals surface area contributed by atoms with Gasteiger partial charge in [0, 0.05) is 35.5 Å². The predicted octanol–water partition coefficient (Wildman–Crippen LogP) is 6.59. The van der Waals surface area contributed by atoms with Crippen LogP contribution >= 0.6 is 23.1 Å². The largest absolute Gasteiger partial charge is 0.411 e. The van der Waals surface area contributed by atoms with Crippen molar-refractivity contribution in [1.82, 2.24) is 19.7 Å². The van der Waals surface area contributed by atoms with Gasteiger partial charge in [0.1, 0.15) is 0 Å². The Bertz CT molecular complexity index is 1570. The number of aryl methyl sites for hydroxylation is 1. The van der Waals surface area contributed by atoms with Crippen LogP contribution in [0.1, 0.15) is 34.6 Å². The molecular weight excluding hydrogens is 504 g/mol. The van der Waals surface area contributed by atoms with Gasteiger partial charge in [-0.05, 0) is 56.3 Å². The van der Waals surface area contributed by atoms with Gasteiger partial charge in [-0.1, -0.05) is 36.0 Å². The zero-order chi connectivity index (χ0) is 25.4. The van der Waals surface area contributed by atoms with Crippen molar-refractivity contribution in [3.8, 4) is 22.0 Å². The number of hydrogen-bond donors (Lipinski definition) is 0. The molecule has 1 aliphatic heterocycles. The van der Waals surface area contributed by atoms with Crippen molar-refractivity contribution >= 4 is 39.8 Å². The van der Waals surface area contributed by atoms with Crippen LogP contribution in [0.25, 0.3) is 32.9 Å². The van der Waals surface area contributed by atoms with Crippen molar-refractivity contribution in [2.75, 3.05) is 12.4 Å². The van der Waals surface area contributed by atoms with Gasteiger partial charge in [-0.25, -0.2) is 4.98 Å². The number of benzene rings is 1. The number of thiophene rings is 1. The lowest BCUT2D eigenvalue weighted by Gasteiger charge is -2.14. The molecule has 6 rings (SSSR count). The average molecular weight is 531 g/mol. The van der Waals surface area contributed by atoms with Gasteiger partial charge in [0.25, 0.3) is 5.22 Å². The van der Waals surface area contributed by atoms with Crippen molar-refractivity contribution in [3.63, 3.8) is 0 Å². The summed E-state index contributed by atoms with van der Waals surface area (Å²) in [6.45, 7) is 5.66. The molecule has 1 unspecified atom stereocenters. The van der Waals surface area contributed by atoms with Gasteiger partial charge >= 0.3 is 0 Å². The van der Waals surface area contributed by atoms with E-state index in [1.807, 2.05) is 67.8 Å². The van der Waals surface area contributed by atoms with Crippen LogP contribution in [0.3, 0.4) is 0 Å². The SMILES string of the molecule is Cc1cc(C(=O)CSc2nnc(-c3cc(-c4cccs4)nc4ccccc34)o2)c(C)n1CC1CCCO1. The van der Waals surface area contributed by atoms with Crippen LogP contribution in [-0.2, 0) is 11.3 Å². The summed E-state index contributed by atoms with van der Waals surface area (Å²) < 4.78 is 14.0. The average Bonchev–Trinajstić information content (AvgIpc) is 3.73. The Morgan fingerprint density at radius 1 is 1.16 bits per heavy atom. The Morgan fingerprint density at radius 2 is 2.05 bits per heavy atom. The Hall–Kier alpha value is -3.27. The summed E-state index contributed by atoms with van der Waals surface area (Å²) in [6.07, 6.45) is 2.39. The summed E-state index contributed by atoms with van der Waals surface area (Å²) in [7, 11) is 0. The second-order valence-corrected chi connectivity index (χ2v) is 11.0. The van der Waals surface area contributed by atoms with Gasteiger partial charge in [-0.2, -0.15) is 0 Å². The molecule has 5 heterocycles. The number of hydrogen-bond acceptors (Lipinski definition) is 8. The fourth-order valence-corrected chi connectivity index (χ4v) is 6.17. The molecule has 1 aliphatic rings. The lowest BCUT2D eigenvalue weighted by Crippen LogP contribution is -2.17. The Morgan fingerprint density at radius 3 is 2.86 bits per heavy atom.